The smallest absolute Gasteiger partial charge is 0.318 e. The molecule has 27 atom stereocenters. The van der Waals surface area contributed by atoms with Crippen LogP contribution in [0.3, 0.4) is 0 Å². The van der Waals surface area contributed by atoms with Gasteiger partial charge in [-0.1, -0.05) is 60.1 Å². The summed E-state index contributed by atoms with van der Waals surface area (Å²) >= 11 is 0. The van der Waals surface area contributed by atoms with E-state index in [1.165, 1.54) is 18.1 Å². The molecule has 0 aromatic carbocycles. The minimum atomic E-state index is -1.81. The van der Waals surface area contributed by atoms with Crippen molar-refractivity contribution < 1.29 is 98.9 Å². The van der Waals surface area contributed by atoms with E-state index in [9.17, 15) is 61.0 Å². The highest BCUT2D eigenvalue weighted by Crippen LogP contribution is 2.75. The van der Waals surface area contributed by atoms with Crippen LogP contribution in [0.2, 0.25) is 0 Å². The van der Waals surface area contributed by atoms with Crippen LogP contribution in [0.4, 0.5) is 0 Å². The van der Waals surface area contributed by atoms with Crippen LogP contribution in [0.25, 0.3) is 0 Å². The third-order valence-corrected chi connectivity index (χ3v) is 21.1. The number of carbonyl (C=O) groups excluding carboxylic acids is 1. The summed E-state index contributed by atoms with van der Waals surface area (Å²) in [6, 6.07) is 0. The molecule has 4 aliphatic heterocycles. The summed E-state index contributed by atoms with van der Waals surface area (Å²) in [5.41, 5.74) is 1.45. The van der Waals surface area contributed by atoms with Crippen molar-refractivity contribution in [3.05, 3.63) is 22.8 Å². The fourth-order valence-electron chi connectivity index (χ4n) is 16.0. The highest BCUT2D eigenvalue weighted by atomic mass is 16.8. The Labute approximate surface area is 433 Å². The van der Waals surface area contributed by atoms with E-state index in [-0.39, 0.29) is 40.6 Å². The number of rotatable bonds is 10. The zero-order valence-corrected chi connectivity index (χ0v) is 44.4. The first-order chi connectivity index (χ1) is 34.7. The Hall–Kier alpha value is -1.77. The average Bonchev–Trinajstić information content (AvgIpc) is 3.36. The maximum Gasteiger partial charge on any atom is 0.318 e. The summed E-state index contributed by atoms with van der Waals surface area (Å²) in [5.74, 6) is -0.456. The van der Waals surface area contributed by atoms with Gasteiger partial charge in [-0.3, -0.25) is 4.79 Å². The second-order valence-electron chi connectivity index (χ2n) is 25.1. The van der Waals surface area contributed by atoms with Crippen molar-refractivity contribution in [2.45, 2.75) is 237 Å². The standard InChI is InChI=1S/C54H86O20/c1-23-12-17-54(49(66)74-45-25(3)35(58)38(61)29(20-55)69-45)19-18-52(8)27(34(54)24(23)2)10-11-32-51(7)15-14-33(50(5,6)31(51)13-16-53(32,52)9)71-47-43(37(60)28(57)22-67-47)73-48-44(41(64)39(62)30(21-56)70-48)72-46-42(65)40(63)36(59)26(4)68-46/h10,23,25-26,28-33,35-48,55-65H,11-22H2,1-9H3/t23-,25?,26?,28?,29?,30?,31?,32?,33+,35?,36?,37?,38?,39?,40?,41?,42?,43?,44?,45?,46?,47?,48?,51+,52-,53-,54+/m1/s1. The quantitative estimate of drug-likeness (QED) is 0.107. The summed E-state index contributed by atoms with van der Waals surface area (Å²) in [6.07, 6.45) is -17.7. The van der Waals surface area contributed by atoms with Crippen LogP contribution in [0.15, 0.2) is 22.8 Å². The molecular weight excluding hydrogens is 969 g/mol. The lowest BCUT2D eigenvalue weighted by atomic mass is 9.34. The first-order valence-electron chi connectivity index (χ1n) is 27.2. The van der Waals surface area contributed by atoms with Crippen molar-refractivity contribution in [1.82, 2.24) is 0 Å². The second kappa shape index (κ2) is 20.7. The molecule has 422 valence electrons. The van der Waals surface area contributed by atoms with Gasteiger partial charge in [0.05, 0.1) is 43.5 Å². The molecule has 0 aromatic heterocycles. The van der Waals surface area contributed by atoms with Crippen molar-refractivity contribution in [3.8, 4) is 0 Å². The van der Waals surface area contributed by atoms with E-state index in [0.29, 0.717) is 19.3 Å². The van der Waals surface area contributed by atoms with Crippen LogP contribution in [0.1, 0.15) is 120 Å². The number of hydrogen-bond donors (Lipinski definition) is 11. The van der Waals surface area contributed by atoms with Gasteiger partial charge in [0.2, 0.25) is 6.29 Å². The zero-order chi connectivity index (χ0) is 53.9. The highest BCUT2D eigenvalue weighted by molar-refractivity contribution is 5.84. The third kappa shape index (κ3) is 8.92. The molecule has 9 aliphatic rings. The third-order valence-electron chi connectivity index (χ3n) is 21.1. The number of aliphatic hydroxyl groups excluding tert-OH is 11. The predicted octanol–water partition coefficient (Wildman–Crippen LogP) is 0.827. The second-order valence-corrected chi connectivity index (χ2v) is 25.1. The van der Waals surface area contributed by atoms with Crippen molar-refractivity contribution in [2.24, 2.45) is 50.7 Å². The molecule has 5 aliphatic carbocycles. The zero-order valence-electron chi connectivity index (χ0n) is 44.4. The Balaban J connectivity index is 0.953. The molecule has 20 nitrogen and oxygen atoms in total. The summed E-state index contributed by atoms with van der Waals surface area (Å²) < 4.78 is 49.0. The number of carbonyl (C=O) groups is 1. The molecule has 20 heteroatoms. The van der Waals surface area contributed by atoms with Crippen molar-refractivity contribution >= 4 is 5.97 Å². The predicted molar refractivity (Wildman–Crippen MR) is 259 cm³/mol. The SMILES string of the molecule is CC1=C2C3=CCC4[C@@]5(C)CC[C@H](OC6OCC(O)C(O)C6OC6OC(CO)C(O)C(O)C6OC6OC(C)C(O)C(O)C6O)C(C)(C)C5CC[C@@]4(C)[C@]3(C)CC[C@@]2(C(=O)OC2OC(CO)C(O)C(O)C2C)CC[C@H]1C. The Kier molecular flexibility index (Phi) is 15.9. The average molecular weight is 1060 g/mol. The lowest BCUT2D eigenvalue weighted by molar-refractivity contribution is -0.392. The van der Waals surface area contributed by atoms with E-state index in [1.807, 2.05) is 0 Å². The first-order valence-corrected chi connectivity index (χ1v) is 27.2. The summed E-state index contributed by atoms with van der Waals surface area (Å²) in [4.78, 5) is 14.9. The molecule has 3 saturated carbocycles. The number of allylic oxidation sites excluding steroid dienone is 3. The van der Waals surface area contributed by atoms with Gasteiger partial charge in [-0.15, -0.1) is 0 Å². The van der Waals surface area contributed by atoms with E-state index < -0.39 is 153 Å². The lowest BCUT2D eigenvalue weighted by Crippen LogP contribution is -2.66. The lowest BCUT2D eigenvalue weighted by Gasteiger charge is -2.70. The Morgan fingerprint density at radius 2 is 1.27 bits per heavy atom. The van der Waals surface area contributed by atoms with Crippen LogP contribution in [-0.4, -0.2) is 199 Å². The van der Waals surface area contributed by atoms with Gasteiger partial charge < -0.3 is 94.1 Å². The number of hydrogen-bond acceptors (Lipinski definition) is 20. The Morgan fingerprint density at radius 3 is 1.95 bits per heavy atom. The van der Waals surface area contributed by atoms with E-state index in [4.69, 9.17) is 37.9 Å². The van der Waals surface area contributed by atoms with Gasteiger partial charge in [0.1, 0.15) is 73.2 Å². The monoisotopic (exact) mass is 1050 g/mol. The highest BCUT2D eigenvalue weighted by Gasteiger charge is 2.69. The largest absolute Gasteiger partial charge is 0.435 e. The molecule has 11 N–H and O–H groups in total. The van der Waals surface area contributed by atoms with Crippen LogP contribution in [0.5, 0.6) is 0 Å². The van der Waals surface area contributed by atoms with Gasteiger partial charge >= 0.3 is 5.97 Å². The van der Waals surface area contributed by atoms with Crippen molar-refractivity contribution in [3.63, 3.8) is 0 Å². The van der Waals surface area contributed by atoms with Gasteiger partial charge in [-0.05, 0) is 122 Å². The molecule has 0 bridgehead atoms. The molecule has 4 heterocycles. The Bertz CT molecular complexity index is 2100. The fourth-order valence-corrected chi connectivity index (χ4v) is 16.0. The molecule has 74 heavy (non-hydrogen) atoms. The van der Waals surface area contributed by atoms with Crippen LogP contribution in [-0.2, 0) is 42.7 Å². The number of fused-ring (bicyclic) bond motifs is 7. The Morgan fingerprint density at radius 1 is 0.635 bits per heavy atom. The first kappa shape index (κ1) is 56.9. The number of ether oxygens (including phenoxy) is 8. The topological polar surface area (TPSA) is 313 Å². The molecule has 4 saturated heterocycles. The van der Waals surface area contributed by atoms with Crippen LogP contribution in [0, 0.1) is 50.7 Å². The molecule has 21 unspecified atom stereocenters. The number of esters is 1. The molecule has 7 fully saturated rings. The normalized spacial score (nSPS) is 53.5. The van der Waals surface area contributed by atoms with Gasteiger partial charge in [0, 0.05) is 5.92 Å². The van der Waals surface area contributed by atoms with E-state index >= 15 is 0 Å². The van der Waals surface area contributed by atoms with Gasteiger partial charge in [0.25, 0.3) is 0 Å². The van der Waals surface area contributed by atoms with Crippen LogP contribution < -0.4 is 0 Å². The maximum absolute atomic E-state index is 14.9. The number of aliphatic hydroxyl groups is 11. The van der Waals surface area contributed by atoms with Gasteiger partial charge in [-0.25, -0.2) is 0 Å². The van der Waals surface area contributed by atoms with Gasteiger partial charge in [0.15, 0.2) is 18.9 Å². The summed E-state index contributed by atoms with van der Waals surface area (Å²) in [6.45, 7) is 17.6. The van der Waals surface area contributed by atoms with Crippen molar-refractivity contribution in [1.29, 1.82) is 0 Å². The van der Waals surface area contributed by atoms with Gasteiger partial charge in [-0.2, -0.15) is 0 Å². The summed E-state index contributed by atoms with van der Waals surface area (Å²) in [7, 11) is 0. The fraction of sp³-hybridized carbons (Fsp3) is 0.907. The summed E-state index contributed by atoms with van der Waals surface area (Å²) in [5, 5.41) is 118. The molecular formula is C54H86O20. The van der Waals surface area contributed by atoms with Crippen molar-refractivity contribution in [2.75, 3.05) is 19.8 Å². The van der Waals surface area contributed by atoms with E-state index in [0.717, 1.165) is 44.1 Å². The minimum absolute atomic E-state index is 0.158. The molecule has 0 aromatic rings. The van der Waals surface area contributed by atoms with E-state index in [2.05, 4.69) is 54.5 Å². The maximum atomic E-state index is 14.9. The van der Waals surface area contributed by atoms with E-state index in [1.54, 1.807) is 6.92 Å². The molecule has 0 spiro atoms. The molecule has 0 amide bonds. The molecule has 0 radical (unpaired) electrons. The minimum Gasteiger partial charge on any atom is -0.435 e. The van der Waals surface area contributed by atoms with Crippen LogP contribution >= 0.6 is 0 Å². The molecule has 9 rings (SSSR count).